The number of benzene rings is 4. The quantitative estimate of drug-likeness (QED) is 0.106. The number of nitrogens with one attached hydrogen (secondary N) is 2. The Balaban J connectivity index is 1.21. The van der Waals surface area contributed by atoms with Crippen molar-refractivity contribution >= 4 is 73.4 Å². The molecule has 0 fully saturated rings. The van der Waals surface area contributed by atoms with Gasteiger partial charge in [0.15, 0.2) is 16.6 Å². The molecule has 1 heterocycles. The van der Waals surface area contributed by atoms with Gasteiger partial charge in [0.1, 0.15) is 6.61 Å². The fraction of sp³-hybridized carbons (Fsp3) is 0.0938. The molecule has 0 atom stereocenters. The molecule has 43 heavy (non-hydrogen) atoms. The van der Waals surface area contributed by atoms with Gasteiger partial charge in [-0.1, -0.05) is 59.6 Å². The lowest BCUT2D eigenvalue weighted by Crippen LogP contribution is -2.17. The number of ether oxygens (including phenoxy) is 2. The summed E-state index contributed by atoms with van der Waals surface area (Å²) < 4.78 is 12.5. The maximum absolute atomic E-state index is 12.7. The van der Waals surface area contributed by atoms with Crippen molar-refractivity contribution in [1.82, 2.24) is 10.4 Å². The molecule has 1 aromatic heterocycles. The second-order valence-corrected chi connectivity index (χ2v) is 11.6. The molecule has 0 aliphatic rings. The predicted octanol–water partition coefficient (Wildman–Crippen LogP) is 9.36. The number of hydrogen-bond acceptors (Lipinski definition) is 7. The van der Waals surface area contributed by atoms with Gasteiger partial charge < -0.3 is 14.8 Å². The van der Waals surface area contributed by atoms with Gasteiger partial charge in [-0.3, -0.25) is 4.79 Å². The van der Waals surface area contributed by atoms with E-state index in [9.17, 15) is 4.79 Å². The molecule has 4 aromatic carbocycles. The van der Waals surface area contributed by atoms with E-state index >= 15 is 0 Å². The van der Waals surface area contributed by atoms with E-state index in [0.29, 0.717) is 43.8 Å². The Labute approximate surface area is 271 Å². The summed E-state index contributed by atoms with van der Waals surface area (Å²) in [6.07, 6.45) is 1.54. The Morgan fingerprint density at radius 1 is 1.02 bits per heavy atom. The van der Waals surface area contributed by atoms with Gasteiger partial charge in [-0.25, -0.2) is 10.4 Å². The zero-order chi connectivity index (χ0) is 30.2. The molecule has 0 saturated heterocycles. The second-order valence-electron chi connectivity index (χ2n) is 9.09. The normalized spacial score (nSPS) is 11.0. The van der Waals surface area contributed by atoms with Crippen LogP contribution in [-0.2, 0) is 6.61 Å². The minimum absolute atomic E-state index is 0.227. The van der Waals surface area contributed by atoms with Crippen molar-refractivity contribution in [2.75, 3.05) is 11.9 Å². The van der Waals surface area contributed by atoms with Gasteiger partial charge >= 0.3 is 0 Å². The van der Waals surface area contributed by atoms with Crippen molar-refractivity contribution < 1.29 is 14.3 Å². The molecule has 5 rings (SSSR count). The molecule has 11 heteroatoms. The lowest BCUT2D eigenvalue weighted by molar-refractivity contribution is 0.0955. The highest BCUT2D eigenvalue weighted by atomic mass is 79.9. The number of aromatic nitrogens is 1. The number of halogens is 3. The largest absolute Gasteiger partial charge is 0.490 e. The minimum atomic E-state index is -0.337. The summed E-state index contributed by atoms with van der Waals surface area (Å²) in [5.41, 5.74) is 7.25. The van der Waals surface area contributed by atoms with Gasteiger partial charge in [0.2, 0.25) is 0 Å². The highest BCUT2D eigenvalue weighted by molar-refractivity contribution is 9.10. The molecule has 0 aliphatic heterocycles. The number of carbonyl (C=O) groups is 1. The van der Waals surface area contributed by atoms with Crippen LogP contribution in [0.25, 0.3) is 11.3 Å². The first kappa shape index (κ1) is 30.6. The predicted molar refractivity (Wildman–Crippen MR) is 178 cm³/mol. The average Bonchev–Trinajstić information content (AvgIpc) is 3.47. The maximum atomic E-state index is 12.7. The lowest BCUT2D eigenvalue weighted by atomic mass is 10.1. The molecule has 0 radical (unpaired) electrons. The molecule has 0 unspecified atom stereocenters. The SMILES string of the molecule is CCOc1cc(/C=N\NC(=O)c2ccc(-c3csc(Nc4ccccc4)n3)cc2)cc(Br)c1OCc1ccc(Cl)cc1Cl. The van der Waals surface area contributed by atoms with Crippen molar-refractivity contribution in [3.8, 4) is 22.8 Å². The molecule has 0 saturated carbocycles. The number of anilines is 2. The van der Waals surface area contributed by atoms with E-state index in [-0.39, 0.29) is 12.5 Å². The molecule has 0 spiro atoms. The Morgan fingerprint density at radius 3 is 2.56 bits per heavy atom. The molecular weight excluding hydrogens is 671 g/mol. The standard InChI is InChI=1S/C32H25BrCl2N4O3S/c1-2-41-29-15-20(14-26(33)30(29)42-18-23-12-13-24(34)16-27(23)35)17-36-39-31(40)22-10-8-21(9-11-22)28-19-43-32(38-28)37-25-6-4-3-5-7-25/h3-17,19H,2,18H2,1H3,(H,37,38)(H,39,40)/b36-17-. The Bertz CT molecular complexity index is 1750. The van der Waals surface area contributed by atoms with E-state index in [1.165, 1.54) is 17.6 Å². The van der Waals surface area contributed by atoms with E-state index in [4.69, 9.17) is 32.7 Å². The van der Waals surface area contributed by atoms with Gasteiger partial charge in [0, 0.05) is 37.8 Å². The number of nitrogens with zero attached hydrogens (tertiary/aromatic N) is 2. The summed E-state index contributed by atoms with van der Waals surface area (Å²) in [5, 5.41) is 11.3. The average molecular weight is 696 g/mol. The van der Waals surface area contributed by atoms with Crippen LogP contribution in [0.5, 0.6) is 11.5 Å². The number of hydrogen-bond donors (Lipinski definition) is 2. The third-order valence-corrected chi connectivity index (χ3v) is 8.00. The monoisotopic (exact) mass is 694 g/mol. The van der Waals surface area contributed by atoms with Crippen molar-refractivity contribution in [3.05, 3.63) is 122 Å². The van der Waals surface area contributed by atoms with Gasteiger partial charge in [0.05, 0.1) is 23.0 Å². The Kier molecular flexibility index (Phi) is 10.3. The summed E-state index contributed by atoms with van der Waals surface area (Å²) >= 11 is 17.4. The first-order valence-electron chi connectivity index (χ1n) is 13.1. The van der Waals surface area contributed by atoms with Crippen LogP contribution in [0.15, 0.2) is 99.9 Å². The van der Waals surface area contributed by atoms with Crippen LogP contribution in [-0.4, -0.2) is 23.7 Å². The van der Waals surface area contributed by atoms with Crippen LogP contribution in [0.1, 0.15) is 28.4 Å². The molecule has 0 bridgehead atoms. The number of hydrazone groups is 1. The van der Waals surface area contributed by atoms with Gasteiger partial charge in [-0.2, -0.15) is 5.10 Å². The number of thiazole rings is 1. The number of rotatable bonds is 11. The smallest absolute Gasteiger partial charge is 0.271 e. The number of carbonyl (C=O) groups excluding carboxylic acids is 1. The third kappa shape index (κ3) is 8.14. The van der Waals surface area contributed by atoms with Crippen LogP contribution in [0.2, 0.25) is 10.0 Å². The zero-order valence-electron chi connectivity index (χ0n) is 22.8. The van der Waals surface area contributed by atoms with Crippen LogP contribution < -0.4 is 20.2 Å². The van der Waals surface area contributed by atoms with E-state index in [1.807, 2.05) is 66.9 Å². The molecule has 2 N–H and O–H groups in total. The molecule has 1 amide bonds. The van der Waals surface area contributed by atoms with Gasteiger partial charge in [-0.15, -0.1) is 11.3 Å². The zero-order valence-corrected chi connectivity index (χ0v) is 26.7. The Hall–Kier alpha value is -3.89. The van der Waals surface area contributed by atoms with Crippen LogP contribution in [0.4, 0.5) is 10.8 Å². The third-order valence-electron chi connectivity index (χ3n) is 6.07. The van der Waals surface area contributed by atoms with Crippen molar-refractivity contribution in [2.24, 2.45) is 5.10 Å². The minimum Gasteiger partial charge on any atom is -0.490 e. The molecule has 0 aliphatic carbocycles. The molecule has 5 aromatic rings. The highest BCUT2D eigenvalue weighted by Gasteiger charge is 2.14. The highest BCUT2D eigenvalue weighted by Crippen LogP contribution is 2.37. The van der Waals surface area contributed by atoms with Crippen LogP contribution >= 0.6 is 50.5 Å². The molecule has 7 nitrogen and oxygen atoms in total. The van der Waals surface area contributed by atoms with Crippen LogP contribution in [0, 0.1) is 0 Å². The van der Waals surface area contributed by atoms with Gasteiger partial charge in [0.25, 0.3) is 5.91 Å². The fourth-order valence-electron chi connectivity index (χ4n) is 3.99. The Morgan fingerprint density at radius 2 is 1.81 bits per heavy atom. The topological polar surface area (TPSA) is 84.8 Å². The number of para-hydroxylation sites is 1. The number of amides is 1. The maximum Gasteiger partial charge on any atom is 0.271 e. The van der Waals surface area contributed by atoms with E-state index in [2.05, 4.69) is 36.8 Å². The van der Waals surface area contributed by atoms with E-state index in [0.717, 1.165) is 27.6 Å². The summed E-state index contributed by atoms with van der Waals surface area (Å²) in [7, 11) is 0. The molecule has 218 valence electrons. The summed E-state index contributed by atoms with van der Waals surface area (Å²) in [5.74, 6) is 0.711. The van der Waals surface area contributed by atoms with Crippen molar-refractivity contribution in [3.63, 3.8) is 0 Å². The fourth-order valence-corrected chi connectivity index (χ4v) is 5.76. The lowest BCUT2D eigenvalue weighted by Gasteiger charge is -2.15. The first-order chi connectivity index (χ1) is 20.9. The molecular formula is C32H25BrCl2N4O3S. The summed E-state index contributed by atoms with van der Waals surface area (Å²) in [6, 6.07) is 25.9. The summed E-state index contributed by atoms with van der Waals surface area (Å²) in [4.78, 5) is 17.4. The van der Waals surface area contributed by atoms with Crippen LogP contribution in [0.3, 0.4) is 0 Å². The second kappa shape index (κ2) is 14.5. The van der Waals surface area contributed by atoms with E-state index in [1.54, 1.807) is 30.3 Å². The summed E-state index contributed by atoms with van der Waals surface area (Å²) in [6.45, 7) is 2.55. The first-order valence-corrected chi connectivity index (χ1v) is 15.6. The van der Waals surface area contributed by atoms with E-state index < -0.39 is 0 Å². The van der Waals surface area contributed by atoms with Crippen molar-refractivity contribution in [1.29, 1.82) is 0 Å². The van der Waals surface area contributed by atoms with Crippen molar-refractivity contribution in [2.45, 2.75) is 13.5 Å². The van der Waals surface area contributed by atoms with Gasteiger partial charge in [-0.05, 0) is 76.9 Å².